The van der Waals surface area contributed by atoms with Crippen LogP contribution in [0.4, 0.5) is 0 Å². The van der Waals surface area contributed by atoms with Gasteiger partial charge in [0.1, 0.15) is 0 Å². The van der Waals surface area contributed by atoms with Crippen molar-refractivity contribution in [2.45, 2.75) is 0 Å². The van der Waals surface area contributed by atoms with Gasteiger partial charge in [-0.25, -0.2) is 0 Å². The van der Waals surface area contributed by atoms with Crippen LogP contribution in [0.1, 0.15) is 0 Å². The number of aromatic nitrogens is 5. The van der Waals surface area contributed by atoms with Crippen LogP contribution >= 0.6 is 0 Å². The Morgan fingerprint density at radius 2 is 1.09 bits per heavy atom. The van der Waals surface area contributed by atoms with Gasteiger partial charge in [-0.15, -0.1) is 0 Å². The van der Waals surface area contributed by atoms with Gasteiger partial charge in [0.05, 0.1) is 47.2 Å². The summed E-state index contributed by atoms with van der Waals surface area (Å²) >= 11 is 0. The summed E-state index contributed by atoms with van der Waals surface area (Å²) in [6, 6.07) is 50.5. The number of hydrogen-bond donors (Lipinski definition) is 0. The number of hydrogen-bond acceptors (Lipinski definition) is 0. The first-order valence-corrected chi connectivity index (χ1v) is 15.0. The normalized spacial score (nSPS) is 11.5. The average Bonchev–Trinajstić information content (AvgIpc) is 3.83. The molecule has 0 bridgehead atoms. The largest absolute Gasteiger partial charge is 0.342 e. The van der Waals surface area contributed by atoms with Crippen molar-refractivity contribution in [2.24, 2.45) is 14.1 Å². The van der Waals surface area contributed by atoms with Gasteiger partial charge in [-0.05, 0) is 12.1 Å². The molecule has 0 aliphatic rings. The summed E-state index contributed by atoms with van der Waals surface area (Å²) in [5, 5.41) is 5.19. The molecular formula is C40H27IrN5-2. The predicted molar refractivity (Wildman–Crippen MR) is 179 cm³/mol. The molecular weight excluding hydrogens is 743 g/mol. The average molecular weight is 770 g/mol. The molecule has 10 rings (SSSR count). The van der Waals surface area contributed by atoms with E-state index in [0.29, 0.717) is 0 Å². The van der Waals surface area contributed by atoms with Crippen LogP contribution in [0.15, 0.2) is 127 Å². The van der Waals surface area contributed by atoms with E-state index < -0.39 is 0 Å². The number of aryl methyl sites for hydroxylation is 2. The summed E-state index contributed by atoms with van der Waals surface area (Å²) in [5.74, 6) is 0. The smallest absolute Gasteiger partial charge is 0.242 e. The number of benzene rings is 6. The van der Waals surface area contributed by atoms with Gasteiger partial charge in [0.15, 0.2) is 0 Å². The Kier molecular flexibility index (Phi) is 6.71. The molecule has 0 amide bonds. The van der Waals surface area contributed by atoms with Gasteiger partial charge >= 0.3 is 0 Å². The molecule has 0 saturated heterocycles. The zero-order valence-electron chi connectivity index (χ0n) is 25.2. The zero-order valence-corrected chi connectivity index (χ0v) is 27.6. The fourth-order valence-corrected chi connectivity index (χ4v) is 6.87. The van der Waals surface area contributed by atoms with E-state index in [1.807, 2.05) is 70.8 Å². The van der Waals surface area contributed by atoms with E-state index in [-0.39, 0.29) is 20.1 Å². The minimum atomic E-state index is 0. The summed E-state index contributed by atoms with van der Waals surface area (Å²) < 4.78 is 10.6. The van der Waals surface area contributed by atoms with E-state index in [1.165, 1.54) is 49.1 Å². The summed E-state index contributed by atoms with van der Waals surface area (Å²) in [5.41, 5.74) is 10.5. The van der Waals surface area contributed by atoms with Crippen molar-refractivity contribution in [3.8, 4) is 11.4 Å². The molecule has 0 unspecified atom stereocenters. The molecule has 223 valence electrons. The summed E-state index contributed by atoms with van der Waals surface area (Å²) in [6.45, 7) is 0. The predicted octanol–water partition coefficient (Wildman–Crippen LogP) is 7.26. The van der Waals surface area contributed by atoms with E-state index in [0.717, 1.165) is 22.4 Å². The van der Waals surface area contributed by atoms with Gasteiger partial charge < -0.3 is 22.7 Å². The second-order valence-corrected chi connectivity index (χ2v) is 11.4. The van der Waals surface area contributed by atoms with Crippen molar-refractivity contribution in [3.63, 3.8) is 0 Å². The van der Waals surface area contributed by atoms with Crippen molar-refractivity contribution < 1.29 is 29.2 Å². The zero-order chi connectivity index (χ0) is 30.1. The number of rotatable bonds is 2. The Morgan fingerprint density at radius 3 is 1.83 bits per heavy atom. The Bertz CT molecular complexity index is 2660. The molecule has 6 aromatic carbocycles. The maximum atomic E-state index is 3.48. The third kappa shape index (κ3) is 4.11. The van der Waals surface area contributed by atoms with Crippen LogP contribution in [0.3, 0.4) is 0 Å². The molecule has 1 radical (unpaired) electrons. The second-order valence-electron chi connectivity index (χ2n) is 11.4. The van der Waals surface area contributed by atoms with E-state index in [9.17, 15) is 0 Å². The fourth-order valence-electron chi connectivity index (χ4n) is 6.87. The van der Waals surface area contributed by atoms with Crippen molar-refractivity contribution in [3.05, 3.63) is 152 Å². The van der Waals surface area contributed by atoms with Gasteiger partial charge in [0.2, 0.25) is 12.7 Å². The number of nitrogens with zero attached hydrogens (tertiary/aromatic N) is 5. The van der Waals surface area contributed by atoms with Crippen LogP contribution in [-0.2, 0) is 34.2 Å². The molecule has 4 aromatic heterocycles. The third-order valence-corrected chi connectivity index (χ3v) is 8.77. The van der Waals surface area contributed by atoms with Crippen molar-refractivity contribution in [1.82, 2.24) is 13.5 Å². The van der Waals surface area contributed by atoms with Crippen molar-refractivity contribution in [1.29, 1.82) is 0 Å². The monoisotopic (exact) mass is 770 g/mol. The van der Waals surface area contributed by atoms with Gasteiger partial charge in [-0.2, -0.15) is 60.7 Å². The Hall–Kier alpha value is -5.29. The quantitative estimate of drug-likeness (QED) is 0.131. The minimum Gasteiger partial charge on any atom is -0.342 e. The SMILES string of the molecule is C[n+]1[c-]n(-c2[c-]cccc2)c2ccc3c(c4cccc5c6ccccc6n3c54)c21.C[n+]1[c-]n(-c2[c-]cccc2)c2ccccc21.[Ir]. The first-order chi connectivity index (χ1) is 22.2. The molecule has 5 nitrogen and oxygen atoms in total. The molecule has 0 spiro atoms. The molecule has 0 aliphatic heterocycles. The Labute approximate surface area is 279 Å². The summed E-state index contributed by atoms with van der Waals surface area (Å²) in [6.07, 6.45) is 6.75. The number of para-hydroxylation sites is 6. The van der Waals surface area contributed by atoms with Crippen molar-refractivity contribution in [2.75, 3.05) is 0 Å². The second kappa shape index (κ2) is 11.0. The molecule has 46 heavy (non-hydrogen) atoms. The van der Waals surface area contributed by atoms with Crippen molar-refractivity contribution >= 4 is 60.2 Å². The van der Waals surface area contributed by atoms with Gasteiger partial charge in [-0.1, -0.05) is 78.1 Å². The van der Waals surface area contributed by atoms with E-state index >= 15 is 0 Å². The van der Waals surface area contributed by atoms with E-state index in [2.05, 4.69) is 118 Å². The van der Waals surface area contributed by atoms with Crippen LogP contribution in [0.5, 0.6) is 0 Å². The van der Waals surface area contributed by atoms with Gasteiger partial charge in [0.25, 0.3) is 0 Å². The number of fused-ring (bicyclic) bond motifs is 9. The van der Waals surface area contributed by atoms with Crippen LogP contribution in [0.2, 0.25) is 0 Å². The van der Waals surface area contributed by atoms with E-state index in [4.69, 9.17) is 0 Å². The molecule has 4 heterocycles. The molecule has 0 fully saturated rings. The molecule has 10 aromatic rings. The Morgan fingerprint density at radius 1 is 0.500 bits per heavy atom. The topological polar surface area (TPSA) is 22.0 Å². The summed E-state index contributed by atoms with van der Waals surface area (Å²) in [7, 11) is 4.08. The molecule has 0 atom stereocenters. The minimum absolute atomic E-state index is 0. The molecule has 0 N–H and O–H groups in total. The number of imidazole rings is 2. The first kappa shape index (κ1) is 28.2. The molecule has 6 heteroatoms. The fraction of sp³-hybridized carbons (Fsp3) is 0.0500. The van der Waals surface area contributed by atoms with Gasteiger partial charge in [0, 0.05) is 47.2 Å². The maximum Gasteiger partial charge on any atom is 0.242 e. The van der Waals surface area contributed by atoms with Crippen LogP contribution in [-0.4, -0.2) is 13.5 Å². The molecule has 0 saturated carbocycles. The summed E-state index contributed by atoms with van der Waals surface area (Å²) in [4.78, 5) is 0. The van der Waals surface area contributed by atoms with Gasteiger partial charge in [-0.3, -0.25) is 0 Å². The Balaban J connectivity index is 0.000000157. The van der Waals surface area contributed by atoms with Crippen LogP contribution in [0.25, 0.3) is 71.5 Å². The van der Waals surface area contributed by atoms with E-state index in [1.54, 1.807) is 0 Å². The maximum absolute atomic E-state index is 3.48. The van der Waals surface area contributed by atoms with Crippen LogP contribution < -0.4 is 9.13 Å². The first-order valence-electron chi connectivity index (χ1n) is 15.0. The molecule has 0 aliphatic carbocycles. The third-order valence-electron chi connectivity index (χ3n) is 8.77. The standard InChI is InChI=1S/C26H16N3.C14H11N2.Ir/c1-27-16-28(17-8-3-2-4-9-17)23-15-14-22-24(26(23)27)20-12-7-11-19-18-10-5-6-13-21(18)29(22)25(19)20;1-15-11-16(12-7-3-2-4-8-12)14-10-6-5-9-13(14)15;/h2-8,10-15H,1H3;2-7,9-10H,1H3;/q2*-1;. The van der Waals surface area contributed by atoms with Crippen LogP contribution in [0, 0.1) is 24.8 Å².